The van der Waals surface area contributed by atoms with Crippen molar-refractivity contribution in [3.05, 3.63) is 28.8 Å². The summed E-state index contributed by atoms with van der Waals surface area (Å²) in [5.74, 6) is 3.63. The van der Waals surface area contributed by atoms with Crippen LogP contribution in [0.15, 0.2) is 18.2 Å². The van der Waals surface area contributed by atoms with Gasteiger partial charge < -0.3 is 10.4 Å². The van der Waals surface area contributed by atoms with Gasteiger partial charge in [-0.1, -0.05) is 23.4 Å². The Morgan fingerprint density at radius 2 is 2.11 bits per heavy atom. The summed E-state index contributed by atoms with van der Waals surface area (Å²) in [6.45, 7) is -0.404. The normalized spacial score (nSPS) is 10.6. The lowest BCUT2D eigenvalue weighted by atomic mass is 10.1. The van der Waals surface area contributed by atoms with E-state index in [9.17, 15) is 18.0 Å². The van der Waals surface area contributed by atoms with E-state index in [-0.39, 0.29) is 16.3 Å². The van der Waals surface area contributed by atoms with Crippen LogP contribution in [0.2, 0.25) is 5.02 Å². The summed E-state index contributed by atoms with van der Waals surface area (Å²) in [7, 11) is 0. The van der Waals surface area contributed by atoms with Crippen LogP contribution in [0.3, 0.4) is 0 Å². The quantitative estimate of drug-likeness (QED) is 0.823. The van der Waals surface area contributed by atoms with Crippen molar-refractivity contribution in [2.45, 2.75) is 12.6 Å². The SMILES string of the molecule is O=C(CC(F)(F)F)Nc1cc(Cl)ccc1C#CCO. The molecule has 3 nitrogen and oxygen atoms in total. The molecule has 1 aromatic rings. The zero-order valence-electron chi connectivity index (χ0n) is 9.51. The highest BCUT2D eigenvalue weighted by atomic mass is 35.5. The van der Waals surface area contributed by atoms with Crippen LogP contribution in [0.25, 0.3) is 0 Å². The number of hydrogen-bond acceptors (Lipinski definition) is 2. The number of carbonyl (C=O) groups is 1. The monoisotopic (exact) mass is 291 g/mol. The molecule has 19 heavy (non-hydrogen) atoms. The highest BCUT2D eigenvalue weighted by molar-refractivity contribution is 6.31. The average Bonchev–Trinajstić information content (AvgIpc) is 2.25. The fraction of sp³-hybridized carbons (Fsp3) is 0.250. The van der Waals surface area contributed by atoms with Crippen molar-refractivity contribution >= 4 is 23.2 Å². The molecule has 0 saturated carbocycles. The maximum Gasteiger partial charge on any atom is 0.397 e. The second-order valence-electron chi connectivity index (χ2n) is 3.49. The van der Waals surface area contributed by atoms with Gasteiger partial charge in [0.1, 0.15) is 13.0 Å². The standard InChI is InChI=1S/C12H9ClF3NO2/c13-9-4-3-8(2-1-5-18)10(6-9)17-11(19)7-12(14,15)16/h3-4,6,18H,5,7H2,(H,17,19). The third-order valence-corrected chi connectivity index (χ3v) is 2.15. The maximum atomic E-state index is 12.0. The lowest BCUT2D eigenvalue weighted by Gasteiger charge is -2.09. The van der Waals surface area contributed by atoms with Crippen LogP contribution in [0, 0.1) is 11.8 Å². The molecule has 0 heterocycles. The van der Waals surface area contributed by atoms with Crippen LogP contribution >= 0.6 is 11.6 Å². The Balaban J connectivity index is 2.93. The van der Waals surface area contributed by atoms with Crippen LogP contribution in [-0.2, 0) is 4.79 Å². The highest BCUT2D eigenvalue weighted by Gasteiger charge is 2.31. The minimum atomic E-state index is -4.58. The number of aliphatic hydroxyl groups is 1. The molecule has 0 bridgehead atoms. The lowest BCUT2D eigenvalue weighted by molar-refractivity contribution is -0.150. The molecule has 2 N–H and O–H groups in total. The summed E-state index contributed by atoms with van der Waals surface area (Å²) in [5, 5.41) is 10.9. The first-order valence-corrected chi connectivity index (χ1v) is 5.45. The Morgan fingerprint density at radius 1 is 1.42 bits per heavy atom. The Hall–Kier alpha value is -1.71. The summed E-state index contributed by atoms with van der Waals surface area (Å²) in [5.41, 5.74) is 0.344. The molecule has 0 aliphatic carbocycles. The minimum absolute atomic E-state index is 0.0719. The number of nitrogens with one attached hydrogen (secondary N) is 1. The highest BCUT2D eigenvalue weighted by Crippen LogP contribution is 2.23. The number of hydrogen-bond donors (Lipinski definition) is 2. The van der Waals surface area contributed by atoms with Gasteiger partial charge in [0.2, 0.25) is 5.91 Å². The fourth-order valence-electron chi connectivity index (χ4n) is 1.24. The molecule has 0 radical (unpaired) electrons. The smallest absolute Gasteiger partial charge is 0.384 e. The minimum Gasteiger partial charge on any atom is -0.384 e. The Bertz CT molecular complexity index is 532. The number of aliphatic hydroxyl groups excluding tert-OH is 1. The van der Waals surface area contributed by atoms with Gasteiger partial charge in [-0.3, -0.25) is 4.79 Å². The maximum absolute atomic E-state index is 12.0. The predicted molar refractivity (Wildman–Crippen MR) is 64.7 cm³/mol. The summed E-state index contributed by atoms with van der Waals surface area (Å²) in [6.07, 6.45) is -6.17. The van der Waals surface area contributed by atoms with E-state index >= 15 is 0 Å². The van der Waals surface area contributed by atoms with Crippen molar-refractivity contribution in [1.82, 2.24) is 0 Å². The molecule has 0 spiro atoms. The number of anilines is 1. The topological polar surface area (TPSA) is 49.3 Å². The molecule has 0 aromatic heterocycles. The first kappa shape index (κ1) is 15.3. The van der Waals surface area contributed by atoms with E-state index in [2.05, 4.69) is 17.2 Å². The first-order valence-electron chi connectivity index (χ1n) is 5.07. The third-order valence-electron chi connectivity index (χ3n) is 1.92. The van der Waals surface area contributed by atoms with Gasteiger partial charge in [0.05, 0.1) is 5.69 Å². The molecule has 1 amide bonds. The number of alkyl halides is 3. The Morgan fingerprint density at radius 3 is 2.68 bits per heavy atom. The third kappa shape index (κ3) is 5.64. The number of carbonyl (C=O) groups excluding carboxylic acids is 1. The molecule has 1 rings (SSSR count). The van der Waals surface area contributed by atoms with Gasteiger partial charge in [-0.2, -0.15) is 13.2 Å². The number of benzene rings is 1. The molecule has 0 unspecified atom stereocenters. The van der Waals surface area contributed by atoms with Gasteiger partial charge in [-0.25, -0.2) is 0 Å². The van der Waals surface area contributed by atoms with E-state index < -0.39 is 25.1 Å². The molecular weight excluding hydrogens is 283 g/mol. The van der Waals surface area contributed by atoms with E-state index in [0.29, 0.717) is 0 Å². The van der Waals surface area contributed by atoms with Gasteiger partial charge in [0.15, 0.2) is 0 Å². The molecular formula is C12H9ClF3NO2. The molecule has 1 aromatic carbocycles. The van der Waals surface area contributed by atoms with Crippen molar-refractivity contribution in [3.63, 3.8) is 0 Å². The zero-order chi connectivity index (χ0) is 14.5. The van der Waals surface area contributed by atoms with E-state index in [1.54, 1.807) is 0 Å². The molecule has 7 heteroatoms. The largest absolute Gasteiger partial charge is 0.397 e. The van der Waals surface area contributed by atoms with Crippen molar-refractivity contribution in [3.8, 4) is 11.8 Å². The number of rotatable bonds is 2. The van der Waals surface area contributed by atoms with Gasteiger partial charge in [0.25, 0.3) is 0 Å². The molecule has 0 atom stereocenters. The lowest BCUT2D eigenvalue weighted by Crippen LogP contribution is -2.21. The van der Waals surface area contributed by atoms with E-state index in [0.717, 1.165) is 0 Å². The summed E-state index contributed by atoms with van der Waals surface area (Å²) >= 11 is 5.70. The first-order chi connectivity index (χ1) is 8.81. The van der Waals surface area contributed by atoms with Gasteiger partial charge in [-0.05, 0) is 18.2 Å². The van der Waals surface area contributed by atoms with Crippen LogP contribution < -0.4 is 5.32 Å². The molecule has 0 aliphatic heterocycles. The van der Waals surface area contributed by atoms with Crippen LogP contribution in [0.4, 0.5) is 18.9 Å². The second kappa shape index (κ2) is 6.45. The van der Waals surface area contributed by atoms with Gasteiger partial charge in [-0.15, -0.1) is 0 Å². The van der Waals surface area contributed by atoms with Crippen LogP contribution in [0.1, 0.15) is 12.0 Å². The van der Waals surface area contributed by atoms with Crippen molar-refractivity contribution in [1.29, 1.82) is 0 Å². The van der Waals surface area contributed by atoms with Crippen LogP contribution in [0.5, 0.6) is 0 Å². The average molecular weight is 292 g/mol. The van der Waals surface area contributed by atoms with Crippen molar-refractivity contribution in [2.24, 2.45) is 0 Å². The molecule has 0 aliphatic rings. The van der Waals surface area contributed by atoms with Gasteiger partial charge in [0, 0.05) is 10.6 Å². The Labute approximate surface area is 112 Å². The van der Waals surface area contributed by atoms with Crippen molar-refractivity contribution in [2.75, 3.05) is 11.9 Å². The van der Waals surface area contributed by atoms with Crippen molar-refractivity contribution < 1.29 is 23.1 Å². The molecule has 0 saturated heterocycles. The summed E-state index contributed by atoms with van der Waals surface area (Å²) in [4.78, 5) is 11.2. The zero-order valence-corrected chi connectivity index (χ0v) is 10.3. The van der Waals surface area contributed by atoms with E-state index in [1.807, 2.05) is 0 Å². The van der Waals surface area contributed by atoms with Gasteiger partial charge >= 0.3 is 6.18 Å². The van der Waals surface area contributed by atoms with E-state index in [1.165, 1.54) is 18.2 Å². The molecule has 102 valence electrons. The Kier molecular flexibility index (Phi) is 5.21. The van der Waals surface area contributed by atoms with Crippen LogP contribution in [-0.4, -0.2) is 23.8 Å². The molecule has 0 fully saturated rings. The summed E-state index contributed by atoms with van der Waals surface area (Å²) in [6, 6.07) is 4.20. The second-order valence-corrected chi connectivity index (χ2v) is 3.93. The van der Waals surface area contributed by atoms with E-state index in [4.69, 9.17) is 16.7 Å². The number of halogens is 4. The fourth-order valence-corrected chi connectivity index (χ4v) is 1.41. The summed E-state index contributed by atoms with van der Waals surface area (Å²) < 4.78 is 36.1. The predicted octanol–water partition coefficient (Wildman–Crippen LogP) is 2.57. The number of amides is 1.